The number of nitrogens with zero attached hydrogens (tertiary/aromatic N) is 2. The van der Waals surface area contributed by atoms with Gasteiger partial charge in [-0.1, -0.05) is 29.4 Å². The van der Waals surface area contributed by atoms with E-state index < -0.39 is 0 Å². The van der Waals surface area contributed by atoms with E-state index in [1.807, 2.05) is 32.9 Å². The Kier molecular flexibility index (Phi) is 5.49. The lowest BCUT2D eigenvalue weighted by Crippen LogP contribution is -2.09. The molecule has 134 valence electrons. The maximum atomic E-state index is 12.7. The Balaban J connectivity index is 1.73. The first-order chi connectivity index (χ1) is 12.4. The van der Waals surface area contributed by atoms with E-state index in [1.54, 1.807) is 12.1 Å². The topological polar surface area (TPSA) is 56.0 Å². The van der Waals surface area contributed by atoms with Crippen LogP contribution in [0.1, 0.15) is 32.6 Å². The molecule has 3 aromatic rings. The minimum absolute atomic E-state index is 0.0688. The summed E-state index contributed by atoms with van der Waals surface area (Å²) >= 11 is 7.14. The lowest BCUT2D eigenvalue weighted by molar-refractivity contribution is 0.102. The summed E-state index contributed by atoms with van der Waals surface area (Å²) in [7, 11) is 0. The van der Waals surface area contributed by atoms with Gasteiger partial charge in [0.15, 0.2) is 5.78 Å². The second-order valence-corrected chi connectivity index (χ2v) is 7.59. The molecule has 26 heavy (non-hydrogen) atoms. The van der Waals surface area contributed by atoms with Crippen molar-refractivity contribution in [1.82, 2.24) is 10.2 Å². The van der Waals surface area contributed by atoms with Crippen LogP contribution >= 0.6 is 23.4 Å². The largest absolute Gasteiger partial charge is 0.411 e. The summed E-state index contributed by atoms with van der Waals surface area (Å²) in [5.74, 6) is 0.737. The monoisotopic (exact) mass is 386 g/mol. The molecule has 0 N–H and O–H groups in total. The molecule has 6 heteroatoms. The molecule has 2 aromatic carbocycles. The summed E-state index contributed by atoms with van der Waals surface area (Å²) in [4.78, 5) is 12.7. The summed E-state index contributed by atoms with van der Waals surface area (Å²) < 4.78 is 5.64. The highest BCUT2D eigenvalue weighted by molar-refractivity contribution is 7.99. The fraction of sp³-hybridized carbons (Fsp3) is 0.250. The molecule has 0 saturated carbocycles. The summed E-state index contributed by atoms with van der Waals surface area (Å²) in [5.41, 5.74) is 5.99. The van der Waals surface area contributed by atoms with E-state index >= 15 is 0 Å². The van der Waals surface area contributed by atoms with E-state index in [0.717, 1.165) is 27.8 Å². The molecule has 0 unspecified atom stereocenters. The van der Waals surface area contributed by atoms with Crippen molar-refractivity contribution in [2.75, 3.05) is 5.75 Å². The maximum absolute atomic E-state index is 12.7. The quantitative estimate of drug-likeness (QED) is 0.422. The molecule has 1 aromatic heterocycles. The fourth-order valence-electron chi connectivity index (χ4n) is 2.89. The SMILES string of the molecule is Cc1cc(C)c(C(=O)CSc2nnc(-c3ccc(Cl)cc3)o2)c(C)c1C. The zero-order valence-electron chi connectivity index (χ0n) is 15.1. The van der Waals surface area contributed by atoms with Gasteiger partial charge in [-0.3, -0.25) is 4.79 Å². The molecule has 3 rings (SSSR count). The molecule has 0 radical (unpaired) electrons. The summed E-state index contributed by atoms with van der Waals surface area (Å²) in [6.45, 7) is 8.08. The number of carbonyl (C=O) groups is 1. The van der Waals surface area contributed by atoms with Gasteiger partial charge in [0.25, 0.3) is 5.22 Å². The van der Waals surface area contributed by atoms with Crippen LogP contribution in [0.4, 0.5) is 0 Å². The van der Waals surface area contributed by atoms with Crippen molar-refractivity contribution in [2.45, 2.75) is 32.9 Å². The first kappa shape index (κ1) is 18.7. The van der Waals surface area contributed by atoms with Crippen LogP contribution in [0, 0.1) is 27.7 Å². The van der Waals surface area contributed by atoms with Crippen LogP contribution in [0.15, 0.2) is 40.0 Å². The smallest absolute Gasteiger partial charge is 0.277 e. The van der Waals surface area contributed by atoms with Crippen LogP contribution in [0.5, 0.6) is 0 Å². The van der Waals surface area contributed by atoms with Crippen LogP contribution in [0.3, 0.4) is 0 Å². The van der Waals surface area contributed by atoms with Crippen LogP contribution in [0.25, 0.3) is 11.5 Å². The Labute approximate surface area is 162 Å². The van der Waals surface area contributed by atoms with Gasteiger partial charge in [-0.2, -0.15) is 0 Å². The predicted octanol–water partition coefficient (Wildman–Crippen LogP) is 5.60. The molecule has 0 atom stereocenters. The highest BCUT2D eigenvalue weighted by atomic mass is 35.5. The number of rotatable bonds is 5. The second-order valence-electron chi connectivity index (χ2n) is 6.23. The Morgan fingerprint density at radius 3 is 2.42 bits per heavy atom. The highest BCUT2D eigenvalue weighted by Gasteiger charge is 2.17. The van der Waals surface area contributed by atoms with Crippen molar-refractivity contribution >= 4 is 29.1 Å². The Hall–Kier alpha value is -2.11. The van der Waals surface area contributed by atoms with Crippen LogP contribution in [-0.4, -0.2) is 21.7 Å². The van der Waals surface area contributed by atoms with E-state index in [-0.39, 0.29) is 11.5 Å². The van der Waals surface area contributed by atoms with Gasteiger partial charge in [-0.25, -0.2) is 0 Å². The summed E-state index contributed by atoms with van der Waals surface area (Å²) in [5, 5.41) is 9.08. The van der Waals surface area contributed by atoms with Crippen molar-refractivity contribution in [1.29, 1.82) is 0 Å². The van der Waals surface area contributed by atoms with Gasteiger partial charge < -0.3 is 4.42 Å². The number of halogens is 1. The molecule has 0 aliphatic rings. The van der Waals surface area contributed by atoms with Gasteiger partial charge in [-0.15, -0.1) is 10.2 Å². The van der Waals surface area contributed by atoms with Gasteiger partial charge >= 0.3 is 0 Å². The standard InChI is InChI=1S/C20H19ClN2O2S/c1-11-9-12(2)18(14(4)13(11)3)17(24)10-26-20-23-22-19(25-20)15-5-7-16(21)8-6-15/h5-9H,10H2,1-4H3. The van der Waals surface area contributed by atoms with Crippen molar-refractivity contribution in [3.63, 3.8) is 0 Å². The maximum Gasteiger partial charge on any atom is 0.277 e. The second kappa shape index (κ2) is 7.64. The normalized spacial score (nSPS) is 11.0. The van der Waals surface area contributed by atoms with Crippen LogP contribution < -0.4 is 0 Å². The average Bonchev–Trinajstić information content (AvgIpc) is 3.07. The van der Waals surface area contributed by atoms with Gasteiger partial charge in [0.1, 0.15) is 0 Å². The van der Waals surface area contributed by atoms with Crippen molar-refractivity contribution in [2.24, 2.45) is 0 Å². The molecule has 0 saturated heterocycles. The number of thioether (sulfide) groups is 1. The molecule has 0 aliphatic heterocycles. The number of aryl methyl sites for hydroxylation is 2. The van der Waals surface area contributed by atoms with Crippen molar-refractivity contribution < 1.29 is 9.21 Å². The van der Waals surface area contributed by atoms with Crippen molar-refractivity contribution in [3.05, 3.63) is 63.2 Å². The third kappa shape index (κ3) is 3.84. The first-order valence-electron chi connectivity index (χ1n) is 8.19. The molecular weight excluding hydrogens is 368 g/mol. The predicted molar refractivity (Wildman–Crippen MR) is 105 cm³/mol. The third-order valence-corrected chi connectivity index (χ3v) is 5.53. The van der Waals surface area contributed by atoms with Crippen molar-refractivity contribution in [3.8, 4) is 11.5 Å². The number of carbonyl (C=O) groups excluding carboxylic acids is 1. The van der Waals surface area contributed by atoms with E-state index in [2.05, 4.69) is 23.2 Å². The minimum atomic E-state index is 0.0688. The number of Topliss-reactive ketones (excluding diaryl/α,β-unsaturated/α-hetero) is 1. The molecule has 0 bridgehead atoms. The number of aromatic nitrogens is 2. The summed E-state index contributed by atoms with van der Waals surface area (Å²) in [6, 6.07) is 9.23. The van der Waals surface area contributed by atoms with Gasteiger partial charge in [0.2, 0.25) is 5.89 Å². The number of hydrogen-bond donors (Lipinski definition) is 0. The Morgan fingerprint density at radius 2 is 1.73 bits per heavy atom. The van der Waals surface area contributed by atoms with Gasteiger partial charge in [-0.05, 0) is 74.2 Å². The van der Waals surface area contributed by atoms with Gasteiger partial charge in [0, 0.05) is 16.1 Å². The van der Waals surface area contributed by atoms with E-state index in [4.69, 9.17) is 16.0 Å². The molecule has 0 aliphatic carbocycles. The fourth-order valence-corrected chi connectivity index (χ4v) is 3.65. The first-order valence-corrected chi connectivity index (χ1v) is 9.56. The Bertz CT molecular complexity index is 965. The average molecular weight is 387 g/mol. The summed E-state index contributed by atoms with van der Waals surface area (Å²) in [6.07, 6.45) is 0. The van der Waals surface area contributed by atoms with Crippen LogP contribution in [0.2, 0.25) is 5.02 Å². The lowest BCUT2D eigenvalue weighted by Gasteiger charge is -2.13. The number of benzene rings is 2. The molecule has 1 heterocycles. The molecule has 0 amide bonds. The van der Waals surface area contributed by atoms with Gasteiger partial charge in [0.05, 0.1) is 5.75 Å². The van der Waals surface area contributed by atoms with Crippen LogP contribution in [-0.2, 0) is 0 Å². The Morgan fingerprint density at radius 1 is 1.04 bits per heavy atom. The molecule has 0 fully saturated rings. The molecular formula is C20H19ClN2O2S. The third-order valence-electron chi connectivity index (χ3n) is 4.46. The number of hydrogen-bond acceptors (Lipinski definition) is 5. The zero-order chi connectivity index (χ0) is 18.8. The molecule has 4 nitrogen and oxygen atoms in total. The van der Waals surface area contributed by atoms with E-state index in [9.17, 15) is 4.79 Å². The number of ketones is 1. The zero-order valence-corrected chi connectivity index (χ0v) is 16.7. The van der Waals surface area contributed by atoms with E-state index in [0.29, 0.717) is 16.1 Å². The lowest BCUT2D eigenvalue weighted by atomic mass is 9.92. The highest BCUT2D eigenvalue weighted by Crippen LogP contribution is 2.27. The molecule has 0 spiro atoms. The minimum Gasteiger partial charge on any atom is -0.411 e. The van der Waals surface area contributed by atoms with E-state index in [1.165, 1.54) is 17.3 Å².